The van der Waals surface area contributed by atoms with Crippen LogP contribution in [0.15, 0.2) is 0 Å². The van der Waals surface area contributed by atoms with E-state index in [1.54, 1.807) is 0 Å². The van der Waals surface area contributed by atoms with Gasteiger partial charge in [-0.3, -0.25) is 4.90 Å². The Morgan fingerprint density at radius 3 is 2.35 bits per heavy atom. The maximum absolute atomic E-state index is 11.8. The maximum Gasteiger partial charge on any atom is 0.212 e. The van der Waals surface area contributed by atoms with Crippen molar-refractivity contribution in [3.63, 3.8) is 0 Å². The van der Waals surface area contributed by atoms with Gasteiger partial charge in [0.05, 0.1) is 5.75 Å². The minimum Gasteiger partial charge on any atom is -0.314 e. The molecule has 2 N–H and O–H groups in total. The highest BCUT2D eigenvalue weighted by molar-refractivity contribution is 7.89. The first-order chi connectivity index (χ1) is 9.55. The third-order valence-corrected chi connectivity index (χ3v) is 6.00. The molecule has 2 bridgehead atoms. The minimum atomic E-state index is -3.09. The molecule has 0 aromatic heterocycles. The predicted octanol–water partition coefficient (Wildman–Crippen LogP) is 0.921. The molecular weight excluding hydrogens is 274 g/mol. The highest BCUT2D eigenvalue weighted by atomic mass is 32.2. The van der Waals surface area contributed by atoms with Gasteiger partial charge in [0.1, 0.15) is 0 Å². The molecule has 2 aliphatic heterocycles. The van der Waals surface area contributed by atoms with Crippen molar-refractivity contribution in [2.24, 2.45) is 0 Å². The van der Waals surface area contributed by atoms with Crippen LogP contribution in [0.4, 0.5) is 0 Å². The van der Waals surface area contributed by atoms with E-state index in [9.17, 15) is 8.42 Å². The van der Waals surface area contributed by atoms with Crippen LogP contribution in [-0.4, -0.2) is 56.8 Å². The first-order valence-corrected chi connectivity index (χ1v) is 9.67. The van der Waals surface area contributed by atoms with Crippen molar-refractivity contribution in [2.75, 3.05) is 25.4 Å². The lowest BCUT2D eigenvalue weighted by Gasteiger charge is -2.39. The lowest BCUT2D eigenvalue weighted by atomic mass is 9.97. The fourth-order valence-electron chi connectivity index (χ4n) is 3.67. The number of piperidine rings is 1. The summed E-state index contributed by atoms with van der Waals surface area (Å²) < 4.78 is 26.1. The lowest BCUT2D eigenvalue weighted by molar-refractivity contribution is 0.124. The van der Waals surface area contributed by atoms with E-state index in [4.69, 9.17) is 0 Å². The molecule has 5 nitrogen and oxygen atoms in total. The summed E-state index contributed by atoms with van der Waals surface area (Å²) in [7, 11) is -3.09. The Kier molecular flexibility index (Phi) is 5.84. The molecule has 118 valence electrons. The number of sulfonamides is 1. The van der Waals surface area contributed by atoms with Gasteiger partial charge in [-0.15, -0.1) is 0 Å². The third kappa shape index (κ3) is 4.16. The SMILES string of the molecule is CCCNC1CC2CCC(C1)N2CCS(=O)(=O)NCC. The molecule has 0 aromatic carbocycles. The van der Waals surface area contributed by atoms with Crippen LogP contribution in [0.5, 0.6) is 0 Å². The molecule has 0 radical (unpaired) electrons. The second kappa shape index (κ2) is 7.20. The number of hydrogen-bond donors (Lipinski definition) is 2. The Morgan fingerprint density at radius 1 is 1.15 bits per heavy atom. The highest BCUT2D eigenvalue weighted by Crippen LogP contribution is 2.35. The Hall–Kier alpha value is -0.170. The quantitative estimate of drug-likeness (QED) is 0.700. The van der Waals surface area contributed by atoms with Crippen LogP contribution in [-0.2, 0) is 10.0 Å². The average molecular weight is 303 g/mol. The molecule has 2 saturated heterocycles. The number of nitrogens with one attached hydrogen (secondary N) is 2. The summed E-state index contributed by atoms with van der Waals surface area (Å²) in [4.78, 5) is 2.44. The van der Waals surface area contributed by atoms with Gasteiger partial charge in [-0.2, -0.15) is 0 Å². The van der Waals surface area contributed by atoms with E-state index in [1.807, 2.05) is 6.92 Å². The molecule has 0 spiro atoms. The second-order valence-electron chi connectivity index (χ2n) is 6.06. The van der Waals surface area contributed by atoms with Crippen molar-refractivity contribution in [3.05, 3.63) is 0 Å². The van der Waals surface area contributed by atoms with Crippen LogP contribution < -0.4 is 10.0 Å². The summed E-state index contributed by atoms with van der Waals surface area (Å²) in [5, 5.41) is 3.63. The van der Waals surface area contributed by atoms with Crippen LogP contribution in [0, 0.1) is 0 Å². The molecule has 2 atom stereocenters. The van der Waals surface area contributed by atoms with E-state index in [-0.39, 0.29) is 5.75 Å². The van der Waals surface area contributed by atoms with Gasteiger partial charge in [0, 0.05) is 31.2 Å². The summed E-state index contributed by atoms with van der Waals surface area (Å²) >= 11 is 0. The van der Waals surface area contributed by atoms with Gasteiger partial charge in [0.15, 0.2) is 0 Å². The largest absolute Gasteiger partial charge is 0.314 e. The van der Waals surface area contributed by atoms with Gasteiger partial charge in [-0.25, -0.2) is 13.1 Å². The van der Waals surface area contributed by atoms with Crippen molar-refractivity contribution in [3.8, 4) is 0 Å². The van der Waals surface area contributed by atoms with Gasteiger partial charge in [0.2, 0.25) is 10.0 Å². The predicted molar refractivity (Wildman–Crippen MR) is 82.3 cm³/mol. The van der Waals surface area contributed by atoms with Gasteiger partial charge < -0.3 is 5.32 Å². The van der Waals surface area contributed by atoms with Crippen molar-refractivity contribution >= 4 is 10.0 Å². The highest BCUT2D eigenvalue weighted by Gasteiger charge is 2.40. The Labute approximate surface area is 123 Å². The fraction of sp³-hybridized carbons (Fsp3) is 1.00. The lowest BCUT2D eigenvalue weighted by Crippen LogP contribution is -2.50. The van der Waals surface area contributed by atoms with Crippen LogP contribution in [0.1, 0.15) is 46.0 Å². The topological polar surface area (TPSA) is 61.4 Å². The zero-order valence-corrected chi connectivity index (χ0v) is 13.6. The van der Waals surface area contributed by atoms with Crippen LogP contribution in [0.3, 0.4) is 0 Å². The third-order valence-electron chi connectivity index (χ3n) is 4.55. The molecule has 2 rings (SSSR count). The van der Waals surface area contributed by atoms with Crippen LogP contribution in [0.25, 0.3) is 0 Å². The molecule has 6 heteroatoms. The van der Waals surface area contributed by atoms with E-state index in [0.29, 0.717) is 31.2 Å². The normalized spacial score (nSPS) is 30.8. The van der Waals surface area contributed by atoms with Crippen molar-refractivity contribution in [2.45, 2.75) is 64.1 Å². The maximum atomic E-state index is 11.8. The molecule has 0 aromatic rings. The van der Waals surface area contributed by atoms with E-state index in [2.05, 4.69) is 21.9 Å². The smallest absolute Gasteiger partial charge is 0.212 e. The Bertz CT molecular complexity index is 385. The summed E-state index contributed by atoms with van der Waals surface area (Å²) in [6.45, 7) is 6.29. The van der Waals surface area contributed by atoms with Crippen LogP contribution >= 0.6 is 0 Å². The van der Waals surface area contributed by atoms with Crippen molar-refractivity contribution in [1.82, 2.24) is 14.9 Å². The molecular formula is C14H29N3O2S. The van der Waals surface area contributed by atoms with Gasteiger partial charge in [0.25, 0.3) is 0 Å². The first-order valence-electron chi connectivity index (χ1n) is 8.02. The summed E-state index contributed by atoms with van der Waals surface area (Å²) in [6, 6.07) is 1.80. The Morgan fingerprint density at radius 2 is 1.80 bits per heavy atom. The summed E-state index contributed by atoms with van der Waals surface area (Å²) in [6.07, 6.45) is 6.00. The van der Waals surface area contributed by atoms with E-state index >= 15 is 0 Å². The van der Waals surface area contributed by atoms with Crippen molar-refractivity contribution in [1.29, 1.82) is 0 Å². The first kappa shape index (κ1) is 16.2. The molecule has 2 heterocycles. The molecule has 2 aliphatic rings. The standard InChI is InChI=1S/C14H29N3O2S/c1-3-7-15-12-10-13-5-6-14(11-12)17(13)8-9-20(18,19)16-4-2/h12-16H,3-11H2,1-2H3. The van der Waals surface area contributed by atoms with Gasteiger partial charge >= 0.3 is 0 Å². The monoisotopic (exact) mass is 303 g/mol. The molecule has 0 aliphatic carbocycles. The fourth-order valence-corrected chi connectivity index (χ4v) is 4.71. The molecule has 0 amide bonds. The number of fused-ring (bicyclic) bond motifs is 2. The number of rotatable bonds is 8. The van der Waals surface area contributed by atoms with E-state index in [1.165, 1.54) is 32.1 Å². The van der Waals surface area contributed by atoms with Crippen molar-refractivity contribution < 1.29 is 8.42 Å². The molecule has 20 heavy (non-hydrogen) atoms. The average Bonchev–Trinajstić information content (AvgIpc) is 2.64. The summed E-state index contributed by atoms with van der Waals surface area (Å²) in [5.41, 5.74) is 0. The number of hydrogen-bond acceptors (Lipinski definition) is 4. The number of nitrogens with zero attached hydrogens (tertiary/aromatic N) is 1. The second-order valence-corrected chi connectivity index (χ2v) is 7.99. The van der Waals surface area contributed by atoms with E-state index in [0.717, 1.165) is 6.54 Å². The minimum absolute atomic E-state index is 0.237. The molecule has 2 unspecified atom stereocenters. The van der Waals surface area contributed by atoms with Crippen LogP contribution in [0.2, 0.25) is 0 Å². The molecule has 2 fully saturated rings. The zero-order valence-electron chi connectivity index (χ0n) is 12.8. The summed E-state index contributed by atoms with van der Waals surface area (Å²) in [5.74, 6) is 0.237. The zero-order chi connectivity index (χ0) is 14.6. The van der Waals surface area contributed by atoms with Gasteiger partial charge in [-0.1, -0.05) is 13.8 Å². The van der Waals surface area contributed by atoms with E-state index < -0.39 is 10.0 Å². The Balaban J connectivity index is 1.83. The van der Waals surface area contributed by atoms with Gasteiger partial charge in [-0.05, 0) is 38.6 Å². The molecule has 0 saturated carbocycles.